The first-order chi connectivity index (χ1) is 8.91. The Balaban J connectivity index is 2.16. The van der Waals surface area contributed by atoms with Crippen molar-refractivity contribution in [2.45, 2.75) is 59.9 Å². The molecule has 0 saturated heterocycles. The van der Waals surface area contributed by atoms with Crippen LogP contribution in [0.25, 0.3) is 0 Å². The van der Waals surface area contributed by atoms with Crippen LogP contribution in [0.15, 0.2) is 0 Å². The zero-order valence-corrected chi connectivity index (χ0v) is 12.8. The van der Waals surface area contributed by atoms with Gasteiger partial charge in [-0.1, -0.05) is 13.8 Å². The second kappa shape index (κ2) is 5.35. The van der Waals surface area contributed by atoms with Gasteiger partial charge in [-0.05, 0) is 45.4 Å². The van der Waals surface area contributed by atoms with Crippen molar-refractivity contribution >= 4 is 11.6 Å². The number of nitrogens with one attached hydrogen (secondary N) is 2. The molecule has 0 bridgehead atoms. The minimum Gasteiger partial charge on any atom is -0.370 e. The third kappa shape index (κ3) is 3.37. The van der Waals surface area contributed by atoms with Crippen LogP contribution in [0.1, 0.15) is 51.4 Å². The van der Waals surface area contributed by atoms with Crippen LogP contribution in [-0.2, 0) is 0 Å². The molecule has 19 heavy (non-hydrogen) atoms. The summed E-state index contributed by atoms with van der Waals surface area (Å²) in [6.45, 7) is 11.7. The Labute approximate surface area is 116 Å². The molecule has 1 aliphatic rings. The van der Waals surface area contributed by atoms with Gasteiger partial charge in [-0.2, -0.15) is 0 Å². The number of hydrogen-bond acceptors (Lipinski definition) is 4. The second-order valence-electron chi connectivity index (χ2n) is 6.37. The lowest BCUT2D eigenvalue weighted by Gasteiger charge is -2.20. The molecule has 1 heterocycles. The molecule has 1 aliphatic carbocycles. The molecule has 106 valence electrons. The van der Waals surface area contributed by atoms with E-state index in [4.69, 9.17) is 0 Å². The molecule has 1 atom stereocenters. The summed E-state index contributed by atoms with van der Waals surface area (Å²) >= 11 is 0. The predicted octanol–water partition coefficient (Wildman–Crippen LogP) is 3.52. The van der Waals surface area contributed by atoms with Gasteiger partial charge in [-0.15, -0.1) is 0 Å². The average molecular weight is 262 g/mol. The number of hydrogen-bond donors (Lipinski definition) is 2. The van der Waals surface area contributed by atoms with Gasteiger partial charge in [0.05, 0.1) is 0 Å². The second-order valence-corrected chi connectivity index (χ2v) is 6.37. The van der Waals surface area contributed by atoms with Crippen molar-refractivity contribution in [1.29, 1.82) is 0 Å². The first-order valence-corrected chi connectivity index (χ1v) is 7.27. The van der Waals surface area contributed by atoms with Crippen molar-refractivity contribution in [3.05, 3.63) is 11.4 Å². The fourth-order valence-corrected chi connectivity index (χ4v) is 2.86. The Kier molecular flexibility index (Phi) is 3.97. The summed E-state index contributed by atoms with van der Waals surface area (Å²) < 4.78 is 0. The monoisotopic (exact) mass is 262 g/mol. The van der Waals surface area contributed by atoms with Gasteiger partial charge in [0.1, 0.15) is 17.5 Å². The van der Waals surface area contributed by atoms with Crippen LogP contribution >= 0.6 is 0 Å². The van der Waals surface area contributed by atoms with E-state index < -0.39 is 0 Å². The van der Waals surface area contributed by atoms with Crippen molar-refractivity contribution < 1.29 is 0 Å². The summed E-state index contributed by atoms with van der Waals surface area (Å²) in [5.74, 6) is 2.77. The number of nitrogens with zero attached hydrogens (tertiary/aromatic N) is 2. The molecular formula is C15H26N4. The van der Waals surface area contributed by atoms with Gasteiger partial charge in [0.15, 0.2) is 0 Å². The first kappa shape index (κ1) is 14.1. The molecule has 1 aromatic rings. The summed E-state index contributed by atoms with van der Waals surface area (Å²) in [6, 6.07) is 0.539. The lowest BCUT2D eigenvalue weighted by atomic mass is 9.92. The molecule has 2 rings (SSSR count). The summed E-state index contributed by atoms with van der Waals surface area (Å²) in [5, 5.41) is 6.92. The van der Waals surface area contributed by atoms with Gasteiger partial charge in [0, 0.05) is 18.2 Å². The highest BCUT2D eigenvalue weighted by Crippen LogP contribution is 2.38. The fourth-order valence-electron chi connectivity index (χ4n) is 2.86. The van der Waals surface area contributed by atoms with Crippen LogP contribution in [0.5, 0.6) is 0 Å². The minimum atomic E-state index is 0.456. The van der Waals surface area contributed by atoms with Crippen LogP contribution in [0.4, 0.5) is 11.6 Å². The molecule has 2 N–H and O–H groups in total. The first-order valence-electron chi connectivity index (χ1n) is 7.27. The van der Waals surface area contributed by atoms with Gasteiger partial charge >= 0.3 is 0 Å². The molecule has 1 saturated carbocycles. The van der Waals surface area contributed by atoms with Gasteiger partial charge in [-0.25, -0.2) is 9.97 Å². The van der Waals surface area contributed by atoms with E-state index in [0.717, 1.165) is 29.6 Å². The molecule has 4 nitrogen and oxygen atoms in total. The molecule has 1 fully saturated rings. The Morgan fingerprint density at radius 3 is 2.47 bits per heavy atom. The van der Waals surface area contributed by atoms with Crippen molar-refractivity contribution in [2.75, 3.05) is 17.2 Å². The van der Waals surface area contributed by atoms with Crippen molar-refractivity contribution in [3.8, 4) is 0 Å². The summed E-state index contributed by atoms with van der Waals surface area (Å²) in [6.07, 6.45) is 3.73. The standard InChI is InChI=1S/C15H26N4/c1-6-16-13-10(2)14(18-11(3)17-13)19-12-7-8-15(4,5)9-12/h12H,6-9H2,1-5H3,(H2,16,17,18,19). The van der Waals surface area contributed by atoms with E-state index in [1.165, 1.54) is 19.3 Å². The molecule has 0 aromatic carbocycles. The lowest BCUT2D eigenvalue weighted by molar-refractivity contribution is 0.378. The van der Waals surface area contributed by atoms with Crippen molar-refractivity contribution in [3.63, 3.8) is 0 Å². The number of aromatic nitrogens is 2. The topological polar surface area (TPSA) is 49.8 Å². The summed E-state index contributed by atoms with van der Waals surface area (Å²) in [7, 11) is 0. The number of anilines is 2. The van der Waals surface area contributed by atoms with E-state index in [1.54, 1.807) is 0 Å². The maximum absolute atomic E-state index is 4.56. The van der Waals surface area contributed by atoms with Crippen molar-refractivity contribution in [2.24, 2.45) is 5.41 Å². The van der Waals surface area contributed by atoms with E-state index in [2.05, 4.69) is 48.3 Å². The number of rotatable bonds is 4. The Morgan fingerprint density at radius 2 is 1.89 bits per heavy atom. The molecular weight excluding hydrogens is 236 g/mol. The van der Waals surface area contributed by atoms with Crippen LogP contribution < -0.4 is 10.6 Å². The van der Waals surface area contributed by atoms with E-state index in [9.17, 15) is 0 Å². The van der Waals surface area contributed by atoms with Crippen LogP contribution in [0, 0.1) is 19.3 Å². The molecule has 1 aromatic heterocycles. The Bertz CT molecular complexity index is 454. The summed E-state index contributed by atoms with van der Waals surface area (Å²) in [5.41, 5.74) is 1.58. The zero-order chi connectivity index (χ0) is 14.0. The van der Waals surface area contributed by atoms with Gasteiger partial charge in [0.2, 0.25) is 0 Å². The highest BCUT2D eigenvalue weighted by atomic mass is 15.1. The normalized spacial score (nSPS) is 21.4. The van der Waals surface area contributed by atoms with Gasteiger partial charge in [-0.3, -0.25) is 0 Å². The van der Waals surface area contributed by atoms with Crippen LogP contribution in [-0.4, -0.2) is 22.6 Å². The highest BCUT2D eigenvalue weighted by Gasteiger charge is 2.31. The smallest absolute Gasteiger partial charge is 0.134 e. The minimum absolute atomic E-state index is 0.456. The molecule has 0 spiro atoms. The fraction of sp³-hybridized carbons (Fsp3) is 0.733. The number of aryl methyl sites for hydroxylation is 1. The highest BCUT2D eigenvalue weighted by molar-refractivity contribution is 5.57. The van der Waals surface area contributed by atoms with E-state index in [-0.39, 0.29) is 0 Å². The maximum Gasteiger partial charge on any atom is 0.134 e. The van der Waals surface area contributed by atoms with Gasteiger partial charge < -0.3 is 10.6 Å². The third-order valence-corrected chi connectivity index (χ3v) is 3.91. The Hall–Kier alpha value is -1.32. The SMILES string of the molecule is CCNc1nc(C)nc(NC2CCC(C)(C)C2)c1C. The van der Waals surface area contributed by atoms with Crippen LogP contribution in [0.3, 0.4) is 0 Å². The molecule has 0 amide bonds. The quantitative estimate of drug-likeness (QED) is 0.871. The lowest BCUT2D eigenvalue weighted by Crippen LogP contribution is -2.20. The predicted molar refractivity (Wildman–Crippen MR) is 80.7 cm³/mol. The largest absolute Gasteiger partial charge is 0.370 e. The third-order valence-electron chi connectivity index (χ3n) is 3.91. The van der Waals surface area contributed by atoms with Crippen LogP contribution in [0.2, 0.25) is 0 Å². The molecule has 1 unspecified atom stereocenters. The molecule has 0 aliphatic heterocycles. The van der Waals surface area contributed by atoms with Gasteiger partial charge in [0.25, 0.3) is 0 Å². The van der Waals surface area contributed by atoms with E-state index in [1.807, 2.05) is 6.92 Å². The Morgan fingerprint density at radius 1 is 1.21 bits per heavy atom. The maximum atomic E-state index is 4.56. The zero-order valence-electron chi connectivity index (χ0n) is 12.8. The molecule has 4 heteroatoms. The molecule has 0 radical (unpaired) electrons. The van der Waals surface area contributed by atoms with E-state index >= 15 is 0 Å². The van der Waals surface area contributed by atoms with E-state index in [0.29, 0.717) is 11.5 Å². The van der Waals surface area contributed by atoms with Crippen molar-refractivity contribution in [1.82, 2.24) is 9.97 Å². The summed E-state index contributed by atoms with van der Waals surface area (Å²) in [4.78, 5) is 9.03. The average Bonchev–Trinajstić information content (AvgIpc) is 2.65.